The summed E-state index contributed by atoms with van der Waals surface area (Å²) in [6.45, 7) is 7.79. The summed E-state index contributed by atoms with van der Waals surface area (Å²) in [5.41, 5.74) is 0.760. The summed E-state index contributed by atoms with van der Waals surface area (Å²) in [5, 5.41) is 1.40. The molecule has 0 saturated carbocycles. The largest absolute Gasteiger partial charge is 0.285 e. The van der Waals surface area contributed by atoms with Crippen LogP contribution >= 0.6 is 27.7 Å². The molecule has 0 aliphatic heterocycles. The molecule has 2 rings (SSSR count). The van der Waals surface area contributed by atoms with E-state index in [1.807, 2.05) is 38.1 Å². The highest BCUT2D eigenvalue weighted by Crippen LogP contribution is 2.23. The Morgan fingerprint density at radius 2 is 2.16 bits per heavy atom. The van der Waals surface area contributed by atoms with Crippen LogP contribution in [0.4, 0.5) is 0 Å². The number of para-hydroxylation sites is 1. The Hall–Kier alpha value is -1.07. The summed E-state index contributed by atoms with van der Waals surface area (Å²) in [4.78, 5) is 17.1. The van der Waals surface area contributed by atoms with Gasteiger partial charge in [0.15, 0.2) is 5.16 Å². The van der Waals surface area contributed by atoms with Crippen molar-refractivity contribution in [2.45, 2.75) is 25.0 Å². The first-order chi connectivity index (χ1) is 9.00. The molecule has 0 bridgehead atoms. The van der Waals surface area contributed by atoms with E-state index in [-0.39, 0.29) is 11.6 Å². The first-order valence-electron chi connectivity index (χ1n) is 5.98. The van der Waals surface area contributed by atoms with Crippen LogP contribution in [-0.2, 0) is 0 Å². The molecule has 19 heavy (non-hydrogen) atoms. The molecule has 2 aromatic rings. The van der Waals surface area contributed by atoms with Crippen LogP contribution in [0.5, 0.6) is 0 Å². The van der Waals surface area contributed by atoms with Crippen molar-refractivity contribution in [3.05, 3.63) is 45.7 Å². The van der Waals surface area contributed by atoms with Crippen molar-refractivity contribution in [2.24, 2.45) is 0 Å². The molecule has 0 aliphatic rings. The molecule has 0 atom stereocenters. The Bertz CT molecular complexity index is 679. The van der Waals surface area contributed by atoms with E-state index in [1.165, 1.54) is 11.8 Å². The van der Waals surface area contributed by atoms with E-state index in [0.29, 0.717) is 11.1 Å². The van der Waals surface area contributed by atoms with Gasteiger partial charge in [0.25, 0.3) is 5.56 Å². The zero-order valence-corrected chi connectivity index (χ0v) is 13.3. The zero-order valence-electron chi connectivity index (χ0n) is 10.9. The van der Waals surface area contributed by atoms with Crippen LogP contribution in [0.25, 0.3) is 10.9 Å². The monoisotopic (exact) mass is 338 g/mol. The van der Waals surface area contributed by atoms with Gasteiger partial charge >= 0.3 is 0 Å². The lowest BCUT2D eigenvalue weighted by Gasteiger charge is -2.15. The molecule has 0 aliphatic carbocycles. The Labute approximate surface area is 124 Å². The lowest BCUT2D eigenvalue weighted by molar-refractivity contribution is 0.519. The number of aromatic nitrogens is 2. The molecule has 0 fully saturated rings. The normalized spacial score (nSPS) is 11.2. The highest BCUT2D eigenvalue weighted by Gasteiger charge is 2.13. The van der Waals surface area contributed by atoms with Gasteiger partial charge in [-0.25, -0.2) is 4.98 Å². The van der Waals surface area contributed by atoms with Gasteiger partial charge < -0.3 is 0 Å². The van der Waals surface area contributed by atoms with E-state index in [9.17, 15) is 4.79 Å². The fourth-order valence-electron chi connectivity index (χ4n) is 1.83. The number of thioether (sulfide) groups is 1. The Kier molecular flexibility index (Phi) is 4.47. The van der Waals surface area contributed by atoms with Crippen LogP contribution < -0.4 is 5.56 Å². The second-order valence-corrected chi connectivity index (χ2v) is 6.55. The van der Waals surface area contributed by atoms with E-state index in [2.05, 4.69) is 27.5 Å². The maximum absolute atomic E-state index is 12.5. The van der Waals surface area contributed by atoms with Gasteiger partial charge in [-0.05, 0) is 30.5 Å². The average molecular weight is 339 g/mol. The Morgan fingerprint density at radius 1 is 1.47 bits per heavy atom. The van der Waals surface area contributed by atoms with Crippen LogP contribution in [0.1, 0.15) is 19.9 Å². The smallest absolute Gasteiger partial charge is 0.262 e. The predicted octanol–water partition coefficient (Wildman–Crippen LogP) is 3.98. The molecule has 1 aromatic heterocycles. The molecule has 0 saturated heterocycles. The number of hydrogen-bond acceptors (Lipinski definition) is 3. The van der Waals surface area contributed by atoms with Gasteiger partial charge in [-0.15, -0.1) is 0 Å². The lowest BCUT2D eigenvalue weighted by atomic mass is 10.2. The predicted molar refractivity (Wildman–Crippen MR) is 85.2 cm³/mol. The molecular weight excluding hydrogens is 324 g/mol. The van der Waals surface area contributed by atoms with E-state index in [0.717, 1.165) is 15.2 Å². The average Bonchev–Trinajstić information content (AvgIpc) is 2.36. The van der Waals surface area contributed by atoms with Crippen LogP contribution in [0.3, 0.4) is 0 Å². The van der Waals surface area contributed by atoms with Gasteiger partial charge in [-0.3, -0.25) is 9.36 Å². The van der Waals surface area contributed by atoms with E-state index in [4.69, 9.17) is 0 Å². The van der Waals surface area contributed by atoms with Crippen LogP contribution in [0, 0.1) is 0 Å². The highest BCUT2D eigenvalue weighted by molar-refractivity contribution is 9.11. The molecule has 5 heteroatoms. The standard InChI is InChI=1S/C14H15BrN2OS/c1-9(2)17-13(18)11-6-4-5-7-12(11)16-14(17)19-8-10(3)15/h4-7,9H,3,8H2,1-2H3. The van der Waals surface area contributed by atoms with E-state index >= 15 is 0 Å². The maximum Gasteiger partial charge on any atom is 0.262 e. The van der Waals surface area contributed by atoms with Crippen LogP contribution in [-0.4, -0.2) is 15.3 Å². The Balaban J connectivity index is 2.63. The second-order valence-electron chi connectivity index (χ2n) is 4.49. The molecule has 100 valence electrons. The molecular formula is C14H15BrN2OS. The van der Waals surface area contributed by atoms with Crippen molar-refractivity contribution >= 4 is 38.6 Å². The third-order valence-corrected chi connectivity index (χ3v) is 4.34. The molecule has 0 amide bonds. The molecule has 0 spiro atoms. The van der Waals surface area contributed by atoms with Gasteiger partial charge in [-0.2, -0.15) is 0 Å². The molecule has 0 radical (unpaired) electrons. The fraction of sp³-hybridized carbons (Fsp3) is 0.286. The minimum Gasteiger partial charge on any atom is -0.285 e. The summed E-state index contributed by atoms with van der Waals surface area (Å²) in [7, 11) is 0. The quantitative estimate of drug-likeness (QED) is 0.624. The third kappa shape index (κ3) is 3.09. The van der Waals surface area contributed by atoms with Crippen molar-refractivity contribution in [1.82, 2.24) is 9.55 Å². The van der Waals surface area contributed by atoms with Crippen LogP contribution in [0.2, 0.25) is 0 Å². The van der Waals surface area contributed by atoms with Gasteiger partial charge in [0.1, 0.15) is 0 Å². The first-order valence-corrected chi connectivity index (χ1v) is 7.76. The van der Waals surface area contributed by atoms with Crippen molar-refractivity contribution in [3.63, 3.8) is 0 Å². The lowest BCUT2D eigenvalue weighted by Crippen LogP contribution is -2.25. The minimum absolute atomic E-state index is 0.0169. The summed E-state index contributed by atoms with van der Waals surface area (Å²) < 4.78 is 2.62. The Morgan fingerprint density at radius 3 is 2.79 bits per heavy atom. The maximum atomic E-state index is 12.5. The summed E-state index contributed by atoms with van der Waals surface area (Å²) >= 11 is 4.85. The molecule has 3 nitrogen and oxygen atoms in total. The zero-order chi connectivity index (χ0) is 14.0. The minimum atomic E-state index is 0.0169. The van der Waals surface area contributed by atoms with E-state index < -0.39 is 0 Å². The molecule has 0 N–H and O–H groups in total. The van der Waals surface area contributed by atoms with Crippen LogP contribution in [0.15, 0.2) is 45.3 Å². The number of halogens is 1. The topological polar surface area (TPSA) is 34.9 Å². The molecule has 1 aromatic carbocycles. The molecule has 1 heterocycles. The van der Waals surface area contributed by atoms with Gasteiger partial charge in [0.2, 0.25) is 0 Å². The summed E-state index contributed by atoms with van der Waals surface area (Å²) in [5.74, 6) is 0.692. The van der Waals surface area contributed by atoms with Crippen molar-refractivity contribution in [1.29, 1.82) is 0 Å². The summed E-state index contributed by atoms with van der Waals surface area (Å²) in [6.07, 6.45) is 0. The number of benzene rings is 1. The number of fused-ring (bicyclic) bond motifs is 1. The van der Waals surface area contributed by atoms with Gasteiger partial charge in [0.05, 0.1) is 10.9 Å². The van der Waals surface area contributed by atoms with Crippen molar-refractivity contribution in [2.75, 3.05) is 5.75 Å². The van der Waals surface area contributed by atoms with Gasteiger partial charge in [0, 0.05) is 11.8 Å². The summed E-state index contributed by atoms with van der Waals surface area (Å²) in [6, 6.07) is 7.53. The van der Waals surface area contributed by atoms with E-state index in [1.54, 1.807) is 4.57 Å². The number of nitrogens with zero attached hydrogens (tertiary/aromatic N) is 2. The van der Waals surface area contributed by atoms with Gasteiger partial charge in [-0.1, -0.05) is 46.4 Å². The SMILES string of the molecule is C=C(Br)CSc1nc2ccccc2c(=O)n1C(C)C. The van der Waals surface area contributed by atoms with Crippen molar-refractivity contribution in [3.8, 4) is 0 Å². The molecule has 0 unspecified atom stereocenters. The number of hydrogen-bond donors (Lipinski definition) is 0. The third-order valence-electron chi connectivity index (χ3n) is 2.65. The number of rotatable bonds is 4. The fourth-order valence-corrected chi connectivity index (χ4v) is 3.05. The van der Waals surface area contributed by atoms with Crippen molar-refractivity contribution < 1.29 is 0 Å². The second kappa shape index (κ2) is 5.92. The highest BCUT2D eigenvalue weighted by atomic mass is 79.9. The first kappa shape index (κ1) is 14.3.